The maximum absolute atomic E-state index is 12.2. The summed E-state index contributed by atoms with van der Waals surface area (Å²) in [6, 6.07) is -1.03. The van der Waals surface area contributed by atoms with Crippen LogP contribution in [0.1, 0.15) is 25.5 Å². The Kier molecular flexibility index (Phi) is 4.85. The van der Waals surface area contributed by atoms with Crippen molar-refractivity contribution < 1.29 is 14.3 Å². The van der Waals surface area contributed by atoms with E-state index in [-0.39, 0.29) is 12.5 Å². The van der Waals surface area contributed by atoms with Gasteiger partial charge in [-0.3, -0.25) is 4.68 Å². The Bertz CT molecular complexity index is 582. The summed E-state index contributed by atoms with van der Waals surface area (Å²) in [5, 5.41) is 9.41. The van der Waals surface area contributed by atoms with Gasteiger partial charge < -0.3 is 15.4 Å². The summed E-state index contributed by atoms with van der Waals surface area (Å²) in [6.45, 7) is 4.61. The Labute approximate surface area is 127 Å². The summed E-state index contributed by atoms with van der Waals surface area (Å²) in [5.74, 6) is -0.491. The number of allylic oxidation sites excluding steroid dienone is 1. The van der Waals surface area contributed by atoms with Gasteiger partial charge in [-0.2, -0.15) is 5.10 Å². The smallest absolute Gasteiger partial charge is 0.338 e. The molecule has 1 aromatic heterocycles. The molecule has 1 aromatic rings. The Morgan fingerprint density at radius 1 is 1.52 bits per heavy atom. The van der Waals surface area contributed by atoms with Gasteiger partial charge in [0.1, 0.15) is 0 Å². The number of halogens is 1. The summed E-state index contributed by atoms with van der Waals surface area (Å²) >= 11 is 5.84. The Morgan fingerprint density at radius 2 is 2.29 bits per heavy atom. The molecule has 0 fully saturated rings. The van der Waals surface area contributed by atoms with Crippen LogP contribution in [0.4, 0.5) is 4.79 Å². The molecule has 2 heterocycles. The van der Waals surface area contributed by atoms with E-state index in [1.165, 1.54) is 0 Å². The molecule has 1 aliphatic heterocycles. The fraction of sp³-hybridized carbons (Fsp3) is 0.462. The molecular weight excluding hydrogens is 296 g/mol. The van der Waals surface area contributed by atoms with Gasteiger partial charge in [0.2, 0.25) is 0 Å². The van der Waals surface area contributed by atoms with Crippen LogP contribution >= 0.6 is 11.6 Å². The number of urea groups is 1. The molecule has 0 aliphatic carbocycles. The van der Waals surface area contributed by atoms with Crippen LogP contribution in [0.3, 0.4) is 0 Å². The van der Waals surface area contributed by atoms with E-state index in [2.05, 4.69) is 15.7 Å². The van der Waals surface area contributed by atoms with Gasteiger partial charge >= 0.3 is 12.0 Å². The van der Waals surface area contributed by atoms with Crippen molar-refractivity contribution in [2.24, 2.45) is 0 Å². The molecule has 0 saturated heterocycles. The van der Waals surface area contributed by atoms with E-state index in [1.54, 1.807) is 24.0 Å². The quantitative estimate of drug-likeness (QED) is 0.634. The highest BCUT2D eigenvalue weighted by Gasteiger charge is 2.34. The van der Waals surface area contributed by atoms with Crippen molar-refractivity contribution in [2.45, 2.75) is 26.4 Å². The summed E-state index contributed by atoms with van der Waals surface area (Å²) in [4.78, 5) is 23.9. The lowest BCUT2D eigenvalue weighted by Crippen LogP contribution is -2.46. The topological polar surface area (TPSA) is 85.2 Å². The third-order valence-corrected chi connectivity index (χ3v) is 3.36. The van der Waals surface area contributed by atoms with Crippen molar-refractivity contribution in [2.75, 3.05) is 12.5 Å². The summed E-state index contributed by atoms with van der Waals surface area (Å²) in [6.07, 6.45) is 3.40. The number of hydrogen-bond donors (Lipinski definition) is 2. The number of alkyl halides is 1. The minimum absolute atomic E-state index is 0.0139. The number of aryl methyl sites for hydroxylation is 1. The molecule has 21 heavy (non-hydrogen) atoms. The SMILES string of the molecule is CCOC(=O)C1=C(CCl)NC(=O)N[C@@H]1c1cnn(CC)c1. The zero-order chi connectivity index (χ0) is 15.4. The van der Waals surface area contributed by atoms with Crippen LogP contribution in [0, 0.1) is 0 Å². The summed E-state index contributed by atoms with van der Waals surface area (Å²) in [5.41, 5.74) is 1.37. The van der Waals surface area contributed by atoms with Gasteiger partial charge in [0.15, 0.2) is 0 Å². The first-order chi connectivity index (χ1) is 10.1. The summed E-state index contributed by atoms with van der Waals surface area (Å²) in [7, 11) is 0. The van der Waals surface area contributed by atoms with Crippen LogP contribution in [-0.4, -0.2) is 34.3 Å². The van der Waals surface area contributed by atoms with E-state index in [9.17, 15) is 9.59 Å². The van der Waals surface area contributed by atoms with E-state index >= 15 is 0 Å². The van der Waals surface area contributed by atoms with Crippen molar-refractivity contribution >= 4 is 23.6 Å². The van der Waals surface area contributed by atoms with Gasteiger partial charge in [-0.05, 0) is 13.8 Å². The lowest BCUT2D eigenvalue weighted by molar-refractivity contribution is -0.139. The molecule has 1 aliphatic rings. The third kappa shape index (κ3) is 3.18. The van der Waals surface area contributed by atoms with E-state index in [0.717, 1.165) is 0 Å². The second-order valence-corrected chi connectivity index (χ2v) is 4.67. The minimum atomic E-state index is -0.619. The second-order valence-electron chi connectivity index (χ2n) is 4.41. The van der Waals surface area contributed by atoms with Crippen molar-refractivity contribution in [3.8, 4) is 0 Å². The fourth-order valence-electron chi connectivity index (χ4n) is 2.12. The van der Waals surface area contributed by atoms with E-state index in [1.807, 2.05) is 6.92 Å². The number of amides is 2. The van der Waals surface area contributed by atoms with Gasteiger partial charge in [-0.15, -0.1) is 11.6 Å². The monoisotopic (exact) mass is 312 g/mol. The number of nitrogens with one attached hydrogen (secondary N) is 2. The van der Waals surface area contributed by atoms with E-state index in [0.29, 0.717) is 23.4 Å². The molecule has 0 aromatic carbocycles. The van der Waals surface area contributed by atoms with Gasteiger partial charge in [0.25, 0.3) is 0 Å². The average molecular weight is 313 g/mol. The van der Waals surface area contributed by atoms with Crippen LogP contribution in [0.15, 0.2) is 23.7 Å². The van der Waals surface area contributed by atoms with E-state index < -0.39 is 18.0 Å². The van der Waals surface area contributed by atoms with Crippen molar-refractivity contribution in [1.29, 1.82) is 0 Å². The van der Waals surface area contributed by atoms with Crippen molar-refractivity contribution in [1.82, 2.24) is 20.4 Å². The number of esters is 1. The van der Waals surface area contributed by atoms with Gasteiger partial charge in [0, 0.05) is 24.0 Å². The predicted molar refractivity (Wildman–Crippen MR) is 76.7 cm³/mol. The molecule has 114 valence electrons. The van der Waals surface area contributed by atoms with Crippen molar-refractivity contribution in [3.63, 3.8) is 0 Å². The molecule has 1 atom stereocenters. The second kappa shape index (κ2) is 6.62. The lowest BCUT2D eigenvalue weighted by atomic mass is 9.98. The van der Waals surface area contributed by atoms with Crippen LogP contribution in [0.2, 0.25) is 0 Å². The molecule has 0 bridgehead atoms. The molecule has 0 saturated carbocycles. The highest BCUT2D eigenvalue weighted by molar-refractivity contribution is 6.20. The molecule has 0 spiro atoms. The minimum Gasteiger partial charge on any atom is -0.463 e. The van der Waals surface area contributed by atoms with Crippen molar-refractivity contribution in [3.05, 3.63) is 29.2 Å². The molecule has 8 heteroatoms. The lowest BCUT2D eigenvalue weighted by Gasteiger charge is -2.27. The van der Waals surface area contributed by atoms with Gasteiger partial charge in [0.05, 0.1) is 30.3 Å². The van der Waals surface area contributed by atoms with E-state index in [4.69, 9.17) is 16.3 Å². The Hall–Kier alpha value is -2.02. The van der Waals surface area contributed by atoms with Gasteiger partial charge in [-0.1, -0.05) is 0 Å². The predicted octanol–water partition coefficient (Wildman–Crippen LogP) is 1.31. The maximum atomic E-state index is 12.2. The van der Waals surface area contributed by atoms with Crippen LogP contribution in [0.25, 0.3) is 0 Å². The third-order valence-electron chi connectivity index (χ3n) is 3.09. The van der Waals surface area contributed by atoms with Crippen LogP contribution in [-0.2, 0) is 16.1 Å². The molecule has 0 radical (unpaired) electrons. The molecular formula is C13H17ClN4O3. The molecule has 7 nitrogen and oxygen atoms in total. The molecule has 2 amide bonds. The number of ether oxygens (including phenoxy) is 1. The number of hydrogen-bond acceptors (Lipinski definition) is 4. The largest absolute Gasteiger partial charge is 0.463 e. The molecule has 2 N–H and O–H groups in total. The Balaban J connectivity index is 2.43. The number of rotatable bonds is 5. The highest BCUT2D eigenvalue weighted by atomic mass is 35.5. The number of carbonyl (C=O) groups is 2. The zero-order valence-electron chi connectivity index (χ0n) is 11.9. The first-order valence-electron chi connectivity index (χ1n) is 6.66. The number of aromatic nitrogens is 2. The first-order valence-corrected chi connectivity index (χ1v) is 7.20. The van der Waals surface area contributed by atoms with Crippen LogP contribution in [0.5, 0.6) is 0 Å². The first kappa shape index (κ1) is 15.4. The Morgan fingerprint density at radius 3 is 2.86 bits per heavy atom. The number of nitrogens with zero attached hydrogens (tertiary/aromatic N) is 2. The van der Waals surface area contributed by atoms with Crippen LogP contribution < -0.4 is 10.6 Å². The maximum Gasteiger partial charge on any atom is 0.338 e. The average Bonchev–Trinajstić information content (AvgIpc) is 2.95. The highest BCUT2D eigenvalue weighted by Crippen LogP contribution is 2.27. The standard InChI is InChI=1S/C13H17ClN4O3/c1-3-18-7-8(6-15-18)11-10(12(19)21-4-2)9(5-14)16-13(20)17-11/h6-7,11H,3-5H2,1-2H3,(H2,16,17,20)/t11-/m1/s1. The molecule has 2 rings (SSSR count). The summed E-state index contributed by atoms with van der Waals surface area (Å²) < 4.78 is 6.77. The normalized spacial score (nSPS) is 18.2. The van der Waals surface area contributed by atoms with Gasteiger partial charge in [-0.25, -0.2) is 9.59 Å². The zero-order valence-corrected chi connectivity index (χ0v) is 12.6. The molecule has 0 unspecified atom stereocenters. The fourth-order valence-corrected chi connectivity index (χ4v) is 2.34. The number of carbonyl (C=O) groups excluding carboxylic acids is 2.